The molecule has 0 aromatic heterocycles. The van der Waals surface area contributed by atoms with Gasteiger partial charge < -0.3 is 10.2 Å². The molecule has 1 atom stereocenters. The first-order valence-corrected chi connectivity index (χ1v) is 4.70. The van der Waals surface area contributed by atoms with Gasteiger partial charge in [0.2, 0.25) is 0 Å². The molecule has 2 rings (SSSR count). The van der Waals surface area contributed by atoms with Crippen molar-refractivity contribution in [3.63, 3.8) is 0 Å². The summed E-state index contributed by atoms with van der Waals surface area (Å²) in [5.74, 6) is -0.909. The van der Waals surface area contributed by atoms with Crippen LogP contribution in [-0.4, -0.2) is 22.3 Å². The highest BCUT2D eigenvalue weighted by Gasteiger charge is 2.17. The van der Waals surface area contributed by atoms with E-state index < -0.39 is 5.97 Å². The van der Waals surface area contributed by atoms with E-state index in [4.69, 9.17) is 5.11 Å². The van der Waals surface area contributed by atoms with Gasteiger partial charge in [0, 0.05) is 0 Å². The molecule has 0 amide bonds. The summed E-state index contributed by atoms with van der Waals surface area (Å²) in [7, 11) is 0. The quantitative estimate of drug-likeness (QED) is 0.703. The SMILES string of the molecule is O=C(O)c1ccc2c(c1)CC(O)CC2. The van der Waals surface area contributed by atoms with Crippen LogP contribution in [0.5, 0.6) is 0 Å². The zero-order chi connectivity index (χ0) is 10.1. The van der Waals surface area contributed by atoms with Crippen molar-refractivity contribution >= 4 is 5.97 Å². The van der Waals surface area contributed by atoms with Gasteiger partial charge in [-0.2, -0.15) is 0 Å². The summed E-state index contributed by atoms with van der Waals surface area (Å²) in [5.41, 5.74) is 2.45. The predicted octanol–water partition coefficient (Wildman–Crippen LogP) is 1.23. The lowest BCUT2D eigenvalue weighted by Gasteiger charge is -2.20. The van der Waals surface area contributed by atoms with Gasteiger partial charge in [-0.05, 0) is 42.5 Å². The maximum Gasteiger partial charge on any atom is 0.335 e. The van der Waals surface area contributed by atoms with Gasteiger partial charge in [0.05, 0.1) is 11.7 Å². The first-order valence-electron chi connectivity index (χ1n) is 4.70. The Morgan fingerprint density at radius 2 is 2.14 bits per heavy atom. The van der Waals surface area contributed by atoms with Crippen molar-refractivity contribution < 1.29 is 15.0 Å². The predicted molar refractivity (Wildman–Crippen MR) is 51.4 cm³/mol. The second kappa shape index (κ2) is 3.42. The average molecular weight is 192 g/mol. The highest BCUT2D eigenvalue weighted by atomic mass is 16.4. The Labute approximate surface area is 82.0 Å². The lowest BCUT2D eigenvalue weighted by molar-refractivity contribution is 0.0696. The number of aliphatic hydroxyl groups excluding tert-OH is 1. The van der Waals surface area contributed by atoms with Gasteiger partial charge in [-0.3, -0.25) is 0 Å². The maximum atomic E-state index is 10.7. The molecule has 3 nitrogen and oxygen atoms in total. The molecule has 1 unspecified atom stereocenters. The number of carboxylic acids is 1. The molecule has 0 saturated heterocycles. The number of carbonyl (C=O) groups is 1. The summed E-state index contributed by atoms with van der Waals surface area (Å²) in [5, 5.41) is 18.2. The number of hydrogen-bond acceptors (Lipinski definition) is 2. The van der Waals surface area contributed by atoms with Crippen molar-refractivity contribution in [3.8, 4) is 0 Å². The number of rotatable bonds is 1. The van der Waals surface area contributed by atoms with E-state index in [0.29, 0.717) is 12.0 Å². The minimum Gasteiger partial charge on any atom is -0.478 e. The van der Waals surface area contributed by atoms with Crippen molar-refractivity contribution in [2.45, 2.75) is 25.4 Å². The number of aromatic carboxylic acids is 1. The molecule has 74 valence electrons. The molecule has 0 bridgehead atoms. The van der Waals surface area contributed by atoms with Crippen LogP contribution < -0.4 is 0 Å². The van der Waals surface area contributed by atoms with Gasteiger partial charge in [-0.1, -0.05) is 6.07 Å². The lowest BCUT2D eigenvalue weighted by atomic mass is 9.89. The van der Waals surface area contributed by atoms with Crippen LogP contribution in [0, 0.1) is 0 Å². The molecule has 14 heavy (non-hydrogen) atoms. The van der Waals surface area contributed by atoms with Crippen molar-refractivity contribution in [2.75, 3.05) is 0 Å². The van der Waals surface area contributed by atoms with Crippen LogP contribution in [-0.2, 0) is 12.8 Å². The van der Waals surface area contributed by atoms with Crippen molar-refractivity contribution in [1.29, 1.82) is 0 Å². The summed E-state index contributed by atoms with van der Waals surface area (Å²) in [6, 6.07) is 5.14. The minimum atomic E-state index is -0.909. The zero-order valence-corrected chi connectivity index (χ0v) is 7.73. The fourth-order valence-electron chi connectivity index (χ4n) is 1.87. The monoisotopic (exact) mass is 192 g/mol. The number of aryl methyl sites for hydroxylation is 1. The van der Waals surface area contributed by atoms with Crippen molar-refractivity contribution in [2.24, 2.45) is 0 Å². The summed E-state index contributed by atoms with van der Waals surface area (Å²) < 4.78 is 0. The molecular weight excluding hydrogens is 180 g/mol. The number of benzene rings is 1. The Morgan fingerprint density at radius 1 is 1.36 bits per heavy atom. The van der Waals surface area contributed by atoms with Gasteiger partial charge in [0.15, 0.2) is 0 Å². The Balaban J connectivity index is 2.37. The summed E-state index contributed by atoms with van der Waals surface area (Å²) in [4.78, 5) is 10.7. The second-order valence-corrected chi connectivity index (χ2v) is 3.69. The highest BCUT2D eigenvalue weighted by Crippen LogP contribution is 2.22. The standard InChI is InChI=1S/C11H12O3/c12-10-4-3-7-1-2-8(11(13)14)5-9(7)6-10/h1-2,5,10,12H,3-4,6H2,(H,13,14). The number of fused-ring (bicyclic) bond motifs is 1. The van der Waals surface area contributed by atoms with Crippen molar-refractivity contribution in [1.82, 2.24) is 0 Å². The Bertz CT molecular complexity index is 371. The van der Waals surface area contributed by atoms with Crippen LogP contribution in [0.3, 0.4) is 0 Å². The molecule has 0 radical (unpaired) electrons. The summed E-state index contributed by atoms with van der Waals surface area (Å²) >= 11 is 0. The van der Waals surface area contributed by atoms with Crippen LogP contribution in [0.25, 0.3) is 0 Å². The molecule has 0 spiro atoms. The average Bonchev–Trinajstić information content (AvgIpc) is 2.16. The molecule has 1 aromatic carbocycles. The molecule has 1 aromatic rings. The molecule has 2 N–H and O–H groups in total. The minimum absolute atomic E-state index is 0.304. The van der Waals surface area contributed by atoms with Crippen LogP contribution >= 0.6 is 0 Å². The highest BCUT2D eigenvalue weighted by molar-refractivity contribution is 5.87. The van der Waals surface area contributed by atoms with E-state index in [1.165, 1.54) is 5.56 Å². The van der Waals surface area contributed by atoms with E-state index in [1.54, 1.807) is 12.1 Å². The Hall–Kier alpha value is -1.35. The lowest BCUT2D eigenvalue weighted by Crippen LogP contribution is -2.19. The van der Waals surface area contributed by atoms with Gasteiger partial charge >= 0.3 is 5.97 Å². The van der Waals surface area contributed by atoms with E-state index in [2.05, 4.69) is 0 Å². The fourth-order valence-corrected chi connectivity index (χ4v) is 1.87. The molecule has 0 fully saturated rings. The van der Waals surface area contributed by atoms with Gasteiger partial charge in [0.1, 0.15) is 0 Å². The smallest absolute Gasteiger partial charge is 0.335 e. The van der Waals surface area contributed by atoms with Crippen molar-refractivity contribution in [3.05, 3.63) is 34.9 Å². The third kappa shape index (κ3) is 1.63. The molecule has 0 saturated carbocycles. The number of hydrogen-bond donors (Lipinski definition) is 2. The van der Waals surface area contributed by atoms with Crippen LogP contribution in [0.15, 0.2) is 18.2 Å². The first kappa shape index (κ1) is 9.21. The van der Waals surface area contributed by atoms with Gasteiger partial charge in [0.25, 0.3) is 0 Å². The van der Waals surface area contributed by atoms with E-state index in [-0.39, 0.29) is 6.10 Å². The summed E-state index contributed by atoms with van der Waals surface area (Å²) in [6.07, 6.45) is 1.89. The van der Waals surface area contributed by atoms with Gasteiger partial charge in [-0.25, -0.2) is 4.79 Å². The first-order chi connectivity index (χ1) is 6.66. The normalized spacial score (nSPS) is 20.2. The van der Waals surface area contributed by atoms with E-state index >= 15 is 0 Å². The number of carboxylic acid groups (broad SMARTS) is 1. The number of aliphatic hydroxyl groups is 1. The maximum absolute atomic E-state index is 10.7. The molecule has 1 aliphatic carbocycles. The Kier molecular flexibility index (Phi) is 2.25. The topological polar surface area (TPSA) is 57.5 Å². The fraction of sp³-hybridized carbons (Fsp3) is 0.364. The molecule has 0 heterocycles. The largest absolute Gasteiger partial charge is 0.478 e. The Morgan fingerprint density at radius 3 is 2.86 bits per heavy atom. The van der Waals surface area contributed by atoms with E-state index in [0.717, 1.165) is 18.4 Å². The second-order valence-electron chi connectivity index (χ2n) is 3.69. The zero-order valence-electron chi connectivity index (χ0n) is 7.73. The van der Waals surface area contributed by atoms with E-state index in [1.807, 2.05) is 6.07 Å². The molecule has 1 aliphatic rings. The van der Waals surface area contributed by atoms with Gasteiger partial charge in [-0.15, -0.1) is 0 Å². The third-order valence-electron chi connectivity index (χ3n) is 2.66. The summed E-state index contributed by atoms with van der Waals surface area (Å²) in [6.45, 7) is 0. The van der Waals surface area contributed by atoms with Crippen LogP contribution in [0.1, 0.15) is 27.9 Å². The van der Waals surface area contributed by atoms with Crippen LogP contribution in [0.4, 0.5) is 0 Å². The molecule has 3 heteroatoms. The molecule has 0 aliphatic heterocycles. The van der Waals surface area contributed by atoms with Crippen LogP contribution in [0.2, 0.25) is 0 Å². The molecular formula is C11H12O3. The third-order valence-corrected chi connectivity index (χ3v) is 2.66. The van der Waals surface area contributed by atoms with E-state index in [9.17, 15) is 9.90 Å².